The van der Waals surface area contributed by atoms with Crippen LogP contribution in [-0.4, -0.2) is 19.9 Å². The highest BCUT2D eigenvalue weighted by atomic mass is 16.1. The van der Waals surface area contributed by atoms with Crippen molar-refractivity contribution in [2.75, 3.05) is 5.43 Å². The smallest absolute Gasteiger partial charge is 0.280 e. The Hall–Kier alpha value is -2.06. The van der Waals surface area contributed by atoms with Gasteiger partial charge in [0.1, 0.15) is 0 Å². The maximum atomic E-state index is 11.4. The molecule has 0 aromatic carbocycles. The summed E-state index contributed by atoms with van der Waals surface area (Å²) in [5, 5.41) is 0. The third-order valence-electron chi connectivity index (χ3n) is 1.53. The van der Waals surface area contributed by atoms with Gasteiger partial charge in [0.25, 0.3) is 5.56 Å². The summed E-state index contributed by atoms with van der Waals surface area (Å²) in [7, 11) is 0. The molecule has 2 heterocycles. The summed E-state index contributed by atoms with van der Waals surface area (Å²) in [4.78, 5) is 25.5. The van der Waals surface area contributed by atoms with Gasteiger partial charge in [-0.2, -0.15) is 10.5 Å². The van der Waals surface area contributed by atoms with Crippen LogP contribution in [0.4, 0.5) is 5.95 Å². The molecule has 0 aliphatic heterocycles. The van der Waals surface area contributed by atoms with E-state index < -0.39 is 0 Å². The number of anilines is 1. The van der Waals surface area contributed by atoms with Gasteiger partial charge in [0, 0.05) is 12.4 Å². The molecule has 0 saturated carbocycles. The molecule has 0 bridgehead atoms. The molecule has 0 unspecified atom stereocenters. The Morgan fingerprint density at radius 1 is 1.36 bits per heavy atom. The van der Waals surface area contributed by atoms with Crippen molar-refractivity contribution in [1.82, 2.24) is 25.5 Å². The first-order chi connectivity index (χ1) is 6.81. The second-order valence-corrected chi connectivity index (χ2v) is 2.41. The third kappa shape index (κ3) is 1.39. The summed E-state index contributed by atoms with van der Waals surface area (Å²) in [6, 6.07) is 0. The van der Waals surface area contributed by atoms with Gasteiger partial charge in [-0.3, -0.25) is 21.0 Å². The fraction of sp³-hybridized carbons (Fsp3) is 0. The minimum absolute atomic E-state index is 0.186. The molecule has 2 rings (SSSR count). The summed E-state index contributed by atoms with van der Waals surface area (Å²) in [5.41, 5.74) is 4.65. The first kappa shape index (κ1) is 8.53. The zero-order valence-corrected chi connectivity index (χ0v) is 6.98. The highest BCUT2D eigenvalue weighted by Crippen LogP contribution is 2.00. The van der Waals surface area contributed by atoms with Gasteiger partial charge in [-0.25, -0.2) is 9.97 Å². The summed E-state index contributed by atoms with van der Waals surface area (Å²) < 4.78 is 0. The van der Waals surface area contributed by atoms with E-state index >= 15 is 0 Å². The van der Waals surface area contributed by atoms with Crippen molar-refractivity contribution >= 4 is 17.1 Å². The lowest BCUT2D eigenvalue weighted by Crippen LogP contribution is -2.31. The third-order valence-corrected chi connectivity index (χ3v) is 1.53. The van der Waals surface area contributed by atoms with Crippen molar-refractivity contribution in [3.05, 3.63) is 22.7 Å². The number of nitrogens with zero attached hydrogens (tertiary/aromatic N) is 3. The van der Waals surface area contributed by atoms with Gasteiger partial charge in [-0.15, -0.1) is 0 Å². The van der Waals surface area contributed by atoms with Crippen molar-refractivity contribution in [3.63, 3.8) is 0 Å². The number of hydrogen-bond donors (Lipinski definition) is 4. The van der Waals surface area contributed by atoms with E-state index in [9.17, 15) is 4.79 Å². The summed E-state index contributed by atoms with van der Waals surface area (Å²) in [6.45, 7) is 0. The van der Waals surface area contributed by atoms with E-state index in [1.807, 2.05) is 0 Å². The van der Waals surface area contributed by atoms with Crippen LogP contribution in [0.15, 0.2) is 17.2 Å². The summed E-state index contributed by atoms with van der Waals surface area (Å²) in [5.74, 6) is 5.18. The standard InChI is InChI=1S/C6H7N7O/c7-13-12-6-10-4-3(5(14)11-6)8-1-2-9-4/h1-2,13H,7H2,(H2,9,10,11,12,14). The molecule has 8 heteroatoms. The van der Waals surface area contributed by atoms with Crippen molar-refractivity contribution in [2.45, 2.75) is 0 Å². The molecular weight excluding hydrogens is 186 g/mol. The molecule has 72 valence electrons. The number of H-pyrrole nitrogens is 1. The maximum Gasteiger partial charge on any atom is 0.280 e. The molecule has 14 heavy (non-hydrogen) atoms. The Morgan fingerprint density at radius 3 is 2.93 bits per heavy atom. The second-order valence-electron chi connectivity index (χ2n) is 2.41. The van der Waals surface area contributed by atoms with E-state index in [1.165, 1.54) is 12.4 Å². The first-order valence-electron chi connectivity index (χ1n) is 3.74. The number of nitrogens with one attached hydrogen (secondary N) is 3. The van der Waals surface area contributed by atoms with Crippen LogP contribution >= 0.6 is 0 Å². The molecule has 8 nitrogen and oxygen atoms in total. The van der Waals surface area contributed by atoms with E-state index in [-0.39, 0.29) is 22.7 Å². The van der Waals surface area contributed by atoms with E-state index in [0.717, 1.165) is 0 Å². The largest absolute Gasteiger partial charge is 0.290 e. The van der Waals surface area contributed by atoms with Crippen LogP contribution in [0.3, 0.4) is 0 Å². The minimum atomic E-state index is -0.374. The lowest BCUT2D eigenvalue weighted by atomic mass is 10.5. The highest BCUT2D eigenvalue weighted by molar-refractivity contribution is 5.68. The summed E-state index contributed by atoms with van der Waals surface area (Å²) >= 11 is 0. The van der Waals surface area contributed by atoms with Gasteiger partial charge in [0.15, 0.2) is 11.2 Å². The van der Waals surface area contributed by atoms with Gasteiger partial charge in [-0.05, 0) is 0 Å². The zero-order valence-electron chi connectivity index (χ0n) is 6.98. The monoisotopic (exact) mass is 193 g/mol. The Morgan fingerprint density at radius 2 is 2.14 bits per heavy atom. The first-order valence-corrected chi connectivity index (χ1v) is 3.74. The average Bonchev–Trinajstić information content (AvgIpc) is 2.18. The van der Waals surface area contributed by atoms with E-state index in [2.05, 4.69) is 30.9 Å². The number of rotatable bonds is 2. The molecule has 0 amide bonds. The fourth-order valence-electron chi connectivity index (χ4n) is 1.00. The second kappa shape index (κ2) is 3.36. The van der Waals surface area contributed by atoms with Crippen LogP contribution in [0.2, 0.25) is 0 Å². The number of fused-ring (bicyclic) bond motifs is 1. The minimum Gasteiger partial charge on any atom is -0.290 e. The molecule has 0 fully saturated rings. The maximum absolute atomic E-state index is 11.4. The molecule has 2 aromatic rings. The zero-order chi connectivity index (χ0) is 9.97. The van der Waals surface area contributed by atoms with Crippen LogP contribution in [0, 0.1) is 0 Å². The van der Waals surface area contributed by atoms with E-state index in [1.54, 1.807) is 0 Å². The highest BCUT2D eigenvalue weighted by Gasteiger charge is 2.03. The number of hydrazine groups is 2. The molecule has 0 atom stereocenters. The van der Waals surface area contributed by atoms with E-state index in [4.69, 9.17) is 5.84 Å². The van der Waals surface area contributed by atoms with Gasteiger partial charge in [0.2, 0.25) is 5.95 Å². The molecule has 0 aliphatic rings. The van der Waals surface area contributed by atoms with Crippen LogP contribution in [0.25, 0.3) is 11.2 Å². The van der Waals surface area contributed by atoms with Crippen LogP contribution in [0.1, 0.15) is 0 Å². The number of aromatic nitrogens is 4. The lowest BCUT2D eigenvalue weighted by molar-refractivity contribution is 0.849. The lowest BCUT2D eigenvalue weighted by Gasteiger charge is -2.02. The van der Waals surface area contributed by atoms with Crippen molar-refractivity contribution in [3.8, 4) is 0 Å². The molecule has 0 saturated heterocycles. The van der Waals surface area contributed by atoms with Crippen LogP contribution < -0.4 is 22.4 Å². The topological polar surface area (TPSA) is 122 Å². The van der Waals surface area contributed by atoms with Crippen molar-refractivity contribution in [2.24, 2.45) is 5.84 Å². The molecule has 0 aliphatic carbocycles. The number of hydrogen-bond acceptors (Lipinski definition) is 7. The van der Waals surface area contributed by atoms with Crippen molar-refractivity contribution < 1.29 is 0 Å². The average molecular weight is 193 g/mol. The van der Waals surface area contributed by atoms with Gasteiger partial charge in [-0.1, -0.05) is 0 Å². The normalized spacial score (nSPS) is 10.4. The molecule has 2 aromatic heterocycles. The molecule has 0 radical (unpaired) electrons. The predicted octanol–water partition coefficient (Wildman–Crippen LogP) is -1.50. The Labute approximate surface area is 77.5 Å². The van der Waals surface area contributed by atoms with Crippen molar-refractivity contribution in [1.29, 1.82) is 0 Å². The molecule has 5 N–H and O–H groups in total. The molecular formula is C6H7N7O. The quantitative estimate of drug-likeness (QED) is 0.338. The fourth-order valence-corrected chi connectivity index (χ4v) is 1.00. The summed E-state index contributed by atoms with van der Waals surface area (Å²) in [6.07, 6.45) is 2.88. The molecule has 0 spiro atoms. The number of aromatic amines is 1. The van der Waals surface area contributed by atoms with E-state index in [0.29, 0.717) is 0 Å². The van der Waals surface area contributed by atoms with Crippen LogP contribution in [-0.2, 0) is 0 Å². The van der Waals surface area contributed by atoms with Gasteiger partial charge >= 0.3 is 0 Å². The Bertz CT molecular complexity index is 507. The predicted molar refractivity (Wildman–Crippen MR) is 48.9 cm³/mol. The Kier molecular flexibility index (Phi) is 2.05. The van der Waals surface area contributed by atoms with Gasteiger partial charge in [0.05, 0.1) is 0 Å². The SMILES string of the molecule is NNNc1nc2nccnc2c(=O)[nH]1. The van der Waals surface area contributed by atoms with Crippen LogP contribution in [0.5, 0.6) is 0 Å². The van der Waals surface area contributed by atoms with Gasteiger partial charge < -0.3 is 0 Å². The number of nitrogens with two attached hydrogens (primary N) is 1. The Balaban J connectivity index is 2.66.